The minimum Gasteiger partial charge on any atom is -0.467 e. The van der Waals surface area contributed by atoms with Gasteiger partial charge in [0, 0.05) is 6.42 Å². The van der Waals surface area contributed by atoms with Gasteiger partial charge in [-0.05, 0) is 55.2 Å². The molecule has 1 aliphatic carbocycles. The third-order valence-electron chi connectivity index (χ3n) is 4.62. The second-order valence-corrected chi connectivity index (χ2v) is 7.07. The van der Waals surface area contributed by atoms with Gasteiger partial charge in [0.1, 0.15) is 5.76 Å². The van der Waals surface area contributed by atoms with E-state index >= 15 is 0 Å². The molecule has 1 aromatic heterocycles. The lowest BCUT2D eigenvalue weighted by Gasteiger charge is -2.14. The van der Waals surface area contributed by atoms with Gasteiger partial charge in [-0.15, -0.1) is 0 Å². The number of carbonyl (C=O) groups excluding carboxylic acids is 2. The Morgan fingerprint density at radius 3 is 2.63 bits per heavy atom. The standard InChI is InChI=1S/C20H23N3O3S/c24-18(12-14-6-1-2-7-14)23-20(27)22-17-10-4-3-9-16(17)19(25)21-13-15-8-5-11-26-15/h3-5,8-11,14H,1-2,6-7,12-13H2,(H,21,25)(H2,22,23,24,27). The largest absolute Gasteiger partial charge is 0.467 e. The Kier molecular flexibility index (Phi) is 6.59. The monoisotopic (exact) mass is 385 g/mol. The molecule has 3 rings (SSSR count). The van der Waals surface area contributed by atoms with Crippen molar-refractivity contribution in [1.29, 1.82) is 0 Å². The predicted octanol–water partition coefficient (Wildman–Crippen LogP) is 3.60. The Bertz CT molecular complexity index is 799. The van der Waals surface area contributed by atoms with Crippen molar-refractivity contribution in [2.45, 2.75) is 38.6 Å². The minimum atomic E-state index is -0.255. The summed E-state index contributed by atoms with van der Waals surface area (Å²) >= 11 is 5.24. The molecule has 0 saturated heterocycles. The van der Waals surface area contributed by atoms with Crippen LogP contribution in [-0.2, 0) is 11.3 Å². The van der Waals surface area contributed by atoms with Gasteiger partial charge in [-0.25, -0.2) is 0 Å². The van der Waals surface area contributed by atoms with E-state index in [2.05, 4.69) is 16.0 Å². The van der Waals surface area contributed by atoms with Crippen LogP contribution in [0.1, 0.15) is 48.2 Å². The Labute approximate surface area is 163 Å². The number of hydrogen-bond donors (Lipinski definition) is 3. The zero-order chi connectivity index (χ0) is 19.1. The lowest BCUT2D eigenvalue weighted by atomic mass is 10.0. The van der Waals surface area contributed by atoms with Crippen molar-refractivity contribution in [2.75, 3.05) is 5.32 Å². The van der Waals surface area contributed by atoms with Crippen LogP contribution in [0.2, 0.25) is 0 Å². The molecule has 0 bridgehead atoms. The van der Waals surface area contributed by atoms with E-state index in [1.165, 1.54) is 12.8 Å². The molecule has 1 saturated carbocycles. The van der Waals surface area contributed by atoms with Gasteiger partial charge in [-0.3, -0.25) is 9.59 Å². The SMILES string of the molecule is O=C(CC1CCCC1)NC(=S)Nc1ccccc1C(=O)NCc1ccco1. The van der Waals surface area contributed by atoms with E-state index in [4.69, 9.17) is 16.6 Å². The molecule has 0 spiro atoms. The van der Waals surface area contributed by atoms with Crippen molar-refractivity contribution in [1.82, 2.24) is 10.6 Å². The maximum atomic E-state index is 12.5. The highest BCUT2D eigenvalue weighted by atomic mass is 32.1. The maximum Gasteiger partial charge on any atom is 0.253 e. The van der Waals surface area contributed by atoms with Crippen molar-refractivity contribution >= 4 is 34.8 Å². The molecule has 2 amide bonds. The van der Waals surface area contributed by atoms with E-state index in [-0.39, 0.29) is 16.9 Å². The second kappa shape index (κ2) is 9.32. The van der Waals surface area contributed by atoms with Gasteiger partial charge in [0.05, 0.1) is 24.1 Å². The van der Waals surface area contributed by atoms with Crippen LogP contribution in [0.5, 0.6) is 0 Å². The summed E-state index contributed by atoms with van der Waals surface area (Å²) in [5.74, 6) is 0.782. The van der Waals surface area contributed by atoms with E-state index in [0.717, 1.165) is 12.8 Å². The van der Waals surface area contributed by atoms with Crippen LogP contribution in [0.4, 0.5) is 5.69 Å². The van der Waals surface area contributed by atoms with Gasteiger partial charge in [-0.2, -0.15) is 0 Å². The van der Waals surface area contributed by atoms with Gasteiger partial charge in [0.2, 0.25) is 5.91 Å². The molecule has 0 radical (unpaired) electrons. The Hall–Kier alpha value is -2.67. The molecule has 142 valence electrons. The lowest BCUT2D eigenvalue weighted by molar-refractivity contribution is -0.120. The van der Waals surface area contributed by atoms with Crippen LogP contribution in [0, 0.1) is 5.92 Å². The van der Waals surface area contributed by atoms with E-state index < -0.39 is 0 Å². The molecule has 2 aromatic rings. The zero-order valence-corrected chi connectivity index (χ0v) is 15.8. The molecule has 0 unspecified atom stereocenters. The lowest BCUT2D eigenvalue weighted by Crippen LogP contribution is -2.35. The first-order valence-electron chi connectivity index (χ1n) is 9.12. The fourth-order valence-corrected chi connectivity index (χ4v) is 3.50. The first-order valence-corrected chi connectivity index (χ1v) is 9.53. The van der Waals surface area contributed by atoms with E-state index in [0.29, 0.717) is 35.9 Å². The van der Waals surface area contributed by atoms with Crippen molar-refractivity contribution in [3.63, 3.8) is 0 Å². The summed E-state index contributed by atoms with van der Waals surface area (Å²) in [6, 6.07) is 10.6. The summed E-state index contributed by atoms with van der Waals surface area (Å²) in [4.78, 5) is 24.6. The van der Waals surface area contributed by atoms with Crippen molar-refractivity contribution in [3.05, 3.63) is 54.0 Å². The fourth-order valence-electron chi connectivity index (χ4n) is 3.27. The van der Waals surface area contributed by atoms with Gasteiger partial charge < -0.3 is 20.4 Å². The smallest absolute Gasteiger partial charge is 0.253 e. The van der Waals surface area contributed by atoms with Gasteiger partial charge in [0.25, 0.3) is 5.91 Å². The molecular formula is C20H23N3O3S. The van der Waals surface area contributed by atoms with Gasteiger partial charge in [0.15, 0.2) is 5.11 Å². The average molecular weight is 385 g/mol. The number of nitrogens with one attached hydrogen (secondary N) is 3. The van der Waals surface area contributed by atoms with Crippen LogP contribution >= 0.6 is 12.2 Å². The highest BCUT2D eigenvalue weighted by molar-refractivity contribution is 7.80. The van der Waals surface area contributed by atoms with Crippen LogP contribution < -0.4 is 16.0 Å². The maximum absolute atomic E-state index is 12.5. The molecule has 27 heavy (non-hydrogen) atoms. The molecular weight excluding hydrogens is 362 g/mol. The first-order chi connectivity index (χ1) is 13.1. The summed E-state index contributed by atoms with van der Waals surface area (Å²) < 4.78 is 5.21. The highest BCUT2D eigenvalue weighted by Gasteiger charge is 2.19. The number of para-hydroxylation sites is 1. The molecule has 0 aliphatic heterocycles. The highest BCUT2D eigenvalue weighted by Crippen LogP contribution is 2.27. The van der Waals surface area contributed by atoms with Crippen LogP contribution in [0.3, 0.4) is 0 Å². The third-order valence-corrected chi connectivity index (χ3v) is 4.83. The van der Waals surface area contributed by atoms with Crippen molar-refractivity contribution in [2.24, 2.45) is 5.92 Å². The number of benzene rings is 1. The Balaban J connectivity index is 1.55. The number of furan rings is 1. The van der Waals surface area contributed by atoms with Gasteiger partial charge in [-0.1, -0.05) is 25.0 Å². The fraction of sp³-hybridized carbons (Fsp3) is 0.350. The molecule has 1 heterocycles. The third kappa shape index (κ3) is 5.65. The molecule has 0 atom stereocenters. The molecule has 1 aromatic carbocycles. The topological polar surface area (TPSA) is 83.4 Å². The predicted molar refractivity (Wildman–Crippen MR) is 107 cm³/mol. The van der Waals surface area contributed by atoms with E-state index in [9.17, 15) is 9.59 Å². The minimum absolute atomic E-state index is 0.0841. The number of thiocarbonyl (C=S) groups is 1. The quantitative estimate of drug-likeness (QED) is 0.662. The van der Waals surface area contributed by atoms with Crippen molar-refractivity contribution < 1.29 is 14.0 Å². The first kappa shape index (κ1) is 19.1. The Morgan fingerprint density at radius 1 is 1.11 bits per heavy atom. The zero-order valence-electron chi connectivity index (χ0n) is 15.0. The summed E-state index contributed by atoms with van der Waals surface area (Å²) in [7, 11) is 0. The number of rotatable bonds is 6. The van der Waals surface area contributed by atoms with Crippen LogP contribution in [-0.4, -0.2) is 16.9 Å². The number of hydrogen-bond acceptors (Lipinski definition) is 4. The Morgan fingerprint density at radius 2 is 1.89 bits per heavy atom. The molecule has 7 heteroatoms. The molecule has 3 N–H and O–H groups in total. The second-order valence-electron chi connectivity index (χ2n) is 6.66. The van der Waals surface area contributed by atoms with E-state index in [1.807, 2.05) is 0 Å². The number of anilines is 1. The number of amides is 2. The van der Waals surface area contributed by atoms with Crippen LogP contribution in [0.15, 0.2) is 47.1 Å². The molecule has 1 fully saturated rings. The van der Waals surface area contributed by atoms with Crippen molar-refractivity contribution in [3.8, 4) is 0 Å². The van der Waals surface area contributed by atoms with Gasteiger partial charge >= 0.3 is 0 Å². The summed E-state index contributed by atoms with van der Waals surface area (Å²) in [6.45, 7) is 0.294. The summed E-state index contributed by atoms with van der Waals surface area (Å²) in [6.07, 6.45) is 6.65. The number of carbonyl (C=O) groups is 2. The average Bonchev–Trinajstić information content (AvgIpc) is 3.33. The summed E-state index contributed by atoms with van der Waals surface area (Å²) in [5, 5.41) is 8.67. The van der Waals surface area contributed by atoms with E-state index in [1.54, 1.807) is 42.7 Å². The normalized spacial score (nSPS) is 13.9. The summed E-state index contributed by atoms with van der Waals surface area (Å²) in [5.41, 5.74) is 0.983. The van der Waals surface area contributed by atoms with Crippen LogP contribution in [0.25, 0.3) is 0 Å². The molecule has 6 nitrogen and oxygen atoms in total. The molecule has 1 aliphatic rings.